The summed E-state index contributed by atoms with van der Waals surface area (Å²) in [5.74, 6) is -0.161. The van der Waals surface area contributed by atoms with Crippen molar-refractivity contribution in [3.63, 3.8) is 0 Å². The van der Waals surface area contributed by atoms with Crippen LogP contribution >= 0.6 is 0 Å². The third-order valence-corrected chi connectivity index (χ3v) is 5.01. The fourth-order valence-corrected chi connectivity index (χ4v) is 3.55. The van der Waals surface area contributed by atoms with E-state index in [4.69, 9.17) is 4.74 Å². The fourth-order valence-electron chi connectivity index (χ4n) is 3.55. The second-order valence-electron chi connectivity index (χ2n) is 6.64. The number of nitrogens with zero attached hydrogens (tertiary/aromatic N) is 2. The first-order chi connectivity index (χ1) is 13.0. The number of nitrogens with one attached hydrogen (secondary N) is 1. The normalized spacial score (nSPS) is 21.7. The lowest BCUT2D eigenvalue weighted by Crippen LogP contribution is -2.59. The summed E-state index contributed by atoms with van der Waals surface area (Å²) in [5, 5.41) is 13.3. The molecule has 2 aromatic carbocycles. The molecular weight excluding hydrogens is 346 g/mol. The highest BCUT2D eigenvalue weighted by Gasteiger charge is 2.45. The van der Waals surface area contributed by atoms with E-state index >= 15 is 0 Å². The van der Waals surface area contributed by atoms with E-state index in [2.05, 4.69) is 10.3 Å². The van der Waals surface area contributed by atoms with Crippen LogP contribution in [-0.2, 0) is 21.7 Å². The summed E-state index contributed by atoms with van der Waals surface area (Å²) >= 11 is 0. The van der Waals surface area contributed by atoms with E-state index in [9.17, 15) is 14.7 Å². The lowest BCUT2D eigenvalue weighted by atomic mass is 9.97. The van der Waals surface area contributed by atoms with Crippen LogP contribution in [0.3, 0.4) is 0 Å². The predicted molar refractivity (Wildman–Crippen MR) is 99.4 cm³/mol. The highest BCUT2D eigenvalue weighted by Crippen LogP contribution is 2.33. The number of methoxy groups -OCH3 is 1. The van der Waals surface area contributed by atoms with Crippen LogP contribution in [0.25, 0.3) is 10.9 Å². The molecule has 4 rings (SSSR count). The van der Waals surface area contributed by atoms with Gasteiger partial charge in [0.05, 0.1) is 5.39 Å². The van der Waals surface area contributed by atoms with Crippen LogP contribution in [0.1, 0.15) is 24.4 Å². The zero-order chi connectivity index (χ0) is 19.2. The van der Waals surface area contributed by atoms with Gasteiger partial charge in [0.15, 0.2) is 5.82 Å². The van der Waals surface area contributed by atoms with Crippen LogP contribution in [0.5, 0.6) is 5.75 Å². The van der Waals surface area contributed by atoms with Gasteiger partial charge in [-0.2, -0.15) is 0 Å². The first-order valence-electron chi connectivity index (χ1n) is 8.62. The molecule has 138 valence electrons. The molecule has 2 atom stereocenters. The van der Waals surface area contributed by atoms with Gasteiger partial charge in [-0.15, -0.1) is 0 Å². The van der Waals surface area contributed by atoms with Gasteiger partial charge in [-0.05, 0) is 24.6 Å². The molecule has 2 heterocycles. The van der Waals surface area contributed by atoms with Crippen molar-refractivity contribution in [2.24, 2.45) is 0 Å². The Balaban J connectivity index is 2.03. The lowest BCUT2D eigenvalue weighted by molar-refractivity contribution is -0.142. The zero-order valence-electron chi connectivity index (χ0n) is 15.0. The summed E-state index contributed by atoms with van der Waals surface area (Å²) in [4.78, 5) is 30.3. The molecule has 2 N–H and O–H groups in total. The Bertz CT molecular complexity index is 1090. The maximum Gasteiger partial charge on any atom is 0.262 e. The molecule has 1 aliphatic rings. The van der Waals surface area contributed by atoms with Gasteiger partial charge in [-0.1, -0.05) is 36.4 Å². The predicted octanol–water partition coefficient (Wildman–Crippen LogP) is 1.83. The highest BCUT2D eigenvalue weighted by atomic mass is 16.5. The Kier molecular flexibility index (Phi) is 3.96. The molecule has 0 radical (unpaired) electrons. The van der Waals surface area contributed by atoms with Gasteiger partial charge in [-0.25, -0.2) is 4.98 Å². The molecular formula is C20H19N3O4. The number of hydrogen-bond donors (Lipinski definition) is 2. The molecule has 0 saturated carbocycles. The minimum Gasteiger partial charge on any atom is -0.506 e. The zero-order valence-corrected chi connectivity index (χ0v) is 15.0. The van der Waals surface area contributed by atoms with Crippen molar-refractivity contribution in [2.45, 2.75) is 25.1 Å². The van der Waals surface area contributed by atoms with Crippen LogP contribution in [0.4, 0.5) is 0 Å². The Labute approximate surface area is 155 Å². The van der Waals surface area contributed by atoms with Gasteiger partial charge in [0, 0.05) is 13.5 Å². The molecule has 1 aromatic heterocycles. The summed E-state index contributed by atoms with van der Waals surface area (Å²) in [5.41, 5.74) is -0.609. The van der Waals surface area contributed by atoms with Crippen LogP contribution in [0.15, 0.2) is 53.3 Å². The quantitative estimate of drug-likeness (QED) is 0.739. The van der Waals surface area contributed by atoms with Crippen molar-refractivity contribution in [3.05, 3.63) is 70.3 Å². The number of benzene rings is 2. The minimum absolute atomic E-state index is 0.0951. The van der Waals surface area contributed by atoms with Crippen molar-refractivity contribution in [3.8, 4) is 5.75 Å². The van der Waals surface area contributed by atoms with Crippen molar-refractivity contribution in [1.82, 2.24) is 14.9 Å². The molecule has 1 amide bonds. The van der Waals surface area contributed by atoms with E-state index in [1.165, 1.54) is 17.7 Å². The number of phenolic OH excluding ortho intramolecular Hbond substituents is 1. The monoisotopic (exact) mass is 365 g/mol. The molecule has 0 bridgehead atoms. The van der Waals surface area contributed by atoms with Gasteiger partial charge in [0.1, 0.15) is 17.3 Å². The molecule has 0 unspecified atom stereocenters. The second-order valence-corrected chi connectivity index (χ2v) is 6.64. The lowest BCUT2D eigenvalue weighted by Gasteiger charge is -2.40. The summed E-state index contributed by atoms with van der Waals surface area (Å²) in [7, 11) is 1.46. The Hall–Kier alpha value is -3.19. The van der Waals surface area contributed by atoms with Crippen molar-refractivity contribution >= 4 is 16.8 Å². The van der Waals surface area contributed by atoms with Crippen LogP contribution < -0.4 is 10.9 Å². The number of rotatable bonds is 3. The SMILES string of the molecule is CO[C@]1(Cc2ccccc2)NC(=O)[C@@H](C)n2c1nc1c(O)cccc1c2=O. The van der Waals surface area contributed by atoms with E-state index < -0.39 is 11.8 Å². The Morgan fingerprint density at radius 3 is 2.63 bits per heavy atom. The number of phenols is 1. The number of amides is 1. The van der Waals surface area contributed by atoms with E-state index in [0.29, 0.717) is 0 Å². The number of para-hydroxylation sites is 1. The summed E-state index contributed by atoms with van der Waals surface area (Å²) in [6.45, 7) is 1.64. The molecule has 27 heavy (non-hydrogen) atoms. The Morgan fingerprint density at radius 2 is 1.93 bits per heavy atom. The van der Waals surface area contributed by atoms with Crippen molar-refractivity contribution in [1.29, 1.82) is 0 Å². The average molecular weight is 365 g/mol. The van der Waals surface area contributed by atoms with E-state index in [-0.39, 0.29) is 40.4 Å². The average Bonchev–Trinajstić information content (AvgIpc) is 2.67. The van der Waals surface area contributed by atoms with Crippen LogP contribution in [0.2, 0.25) is 0 Å². The Morgan fingerprint density at radius 1 is 1.19 bits per heavy atom. The second kappa shape index (κ2) is 6.21. The standard InChI is InChI=1S/C20H19N3O4/c1-12-17(25)22-20(27-2,11-13-7-4-3-5-8-13)19-21-16-14(18(26)23(12)19)9-6-10-15(16)24/h3-10,12,24H,11H2,1-2H3,(H,22,25)/t12-,20+/m1/s1. The number of carbonyl (C=O) groups excluding carboxylic acids is 1. The van der Waals surface area contributed by atoms with E-state index in [1.54, 1.807) is 19.1 Å². The molecule has 1 aliphatic heterocycles. The molecule has 7 heteroatoms. The van der Waals surface area contributed by atoms with Gasteiger partial charge in [0.2, 0.25) is 11.6 Å². The number of ether oxygens (including phenoxy) is 1. The number of carbonyl (C=O) groups is 1. The number of aromatic nitrogens is 2. The molecule has 7 nitrogen and oxygen atoms in total. The molecule has 3 aromatic rings. The minimum atomic E-state index is -1.32. The van der Waals surface area contributed by atoms with E-state index in [1.807, 2.05) is 30.3 Å². The summed E-state index contributed by atoms with van der Waals surface area (Å²) in [6, 6.07) is 13.4. The first-order valence-corrected chi connectivity index (χ1v) is 8.62. The third kappa shape index (κ3) is 2.59. The smallest absolute Gasteiger partial charge is 0.262 e. The number of aromatic hydroxyl groups is 1. The van der Waals surface area contributed by atoms with Crippen LogP contribution in [0, 0.1) is 0 Å². The summed E-state index contributed by atoms with van der Waals surface area (Å²) < 4.78 is 7.09. The topological polar surface area (TPSA) is 93.4 Å². The highest BCUT2D eigenvalue weighted by molar-refractivity contribution is 5.86. The van der Waals surface area contributed by atoms with Gasteiger partial charge in [0.25, 0.3) is 5.56 Å². The summed E-state index contributed by atoms with van der Waals surface area (Å²) in [6.07, 6.45) is 0.286. The number of hydrogen-bond acceptors (Lipinski definition) is 5. The maximum atomic E-state index is 13.1. The van der Waals surface area contributed by atoms with E-state index in [0.717, 1.165) is 5.56 Å². The largest absolute Gasteiger partial charge is 0.506 e. The van der Waals surface area contributed by atoms with Gasteiger partial charge in [-0.3, -0.25) is 14.2 Å². The van der Waals surface area contributed by atoms with Gasteiger partial charge >= 0.3 is 0 Å². The molecule has 0 fully saturated rings. The van der Waals surface area contributed by atoms with Crippen LogP contribution in [-0.4, -0.2) is 27.7 Å². The third-order valence-electron chi connectivity index (χ3n) is 5.01. The number of fused-ring (bicyclic) bond motifs is 2. The molecule has 0 spiro atoms. The maximum absolute atomic E-state index is 13.1. The molecule has 0 saturated heterocycles. The van der Waals surface area contributed by atoms with Crippen molar-refractivity contribution < 1.29 is 14.6 Å². The molecule has 0 aliphatic carbocycles. The first kappa shape index (κ1) is 17.2. The fraction of sp³-hybridized carbons (Fsp3) is 0.250. The van der Waals surface area contributed by atoms with Gasteiger partial charge < -0.3 is 15.2 Å². The van der Waals surface area contributed by atoms with Crippen molar-refractivity contribution in [2.75, 3.05) is 7.11 Å².